The predicted octanol–water partition coefficient (Wildman–Crippen LogP) is 5.32. The Bertz CT molecular complexity index is 483. The van der Waals surface area contributed by atoms with Gasteiger partial charge in [0, 0.05) is 17.5 Å². The SMILES string of the molecule is CC1=C(c2c(C)ccnc2C)CC(C(C)(C)C)CC1. The zero-order valence-electron chi connectivity index (χ0n) is 13.3. The molecule has 104 valence electrons. The summed E-state index contributed by atoms with van der Waals surface area (Å²) in [5.41, 5.74) is 7.50. The van der Waals surface area contributed by atoms with Crippen LogP contribution in [-0.2, 0) is 0 Å². The van der Waals surface area contributed by atoms with Crippen LogP contribution in [0.3, 0.4) is 0 Å². The largest absolute Gasteiger partial charge is 0.261 e. The van der Waals surface area contributed by atoms with E-state index in [1.165, 1.54) is 36.1 Å². The monoisotopic (exact) mass is 257 g/mol. The van der Waals surface area contributed by atoms with Crippen molar-refractivity contribution in [3.63, 3.8) is 0 Å². The summed E-state index contributed by atoms with van der Waals surface area (Å²) in [6.45, 7) is 13.8. The van der Waals surface area contributed by atoms with E-state index in [0.717, 1.165) is 5.92 Å². The third-order valence-electron chi connectivity index (χ3n) is 4.71. The van der Waals surface area contributed by atoms with E-state index in [-0.39, 0.29) is 0 Å². The van der Waals surface area contributed by atoms with Gasteiger partial charge in [-0.1, -0.05) is 26.3 Å². The number of rotatable bonds is 1. The molecule has 0 N–H and O–H groups in total. The second-order valence-corrected chi connectivity index (χ2v) is 7.15. The molecule has 1 nitrogen and oxygen atoms in total. The van der Waals surface area contributed by atoms with Crippen molar-refractivity contribution >= 4 is 5.57 Å². The average molecular weight is 257 g/mol. The summed E-state index contributed by atoms with van der Waals surface area (Å²) in [5.74, 6) is 0.783. The summed E-state index contributed by atoms with van der Waals surface area (Å²) in [4.78, 5) is 4.50. The van der Waals surface area contributed by atoms with Crippen molar-refractivity contribution in [1.29, 1.82) is 0 Å². The van der Waals surface area contributed by atoms with Gasteiger partial charge in [-0.2, -0.15) is 0 Å². The molecule has 0 spiro atoms. The maximum absolute atomic E-state index is 4.50. The number of hydrogen-bond acceptors (Lipinski definition) is 1. The van der Waals surface area contributed by atoms with Crippen molar-refractivity contribution in [2.75, 3.05) is 0 Å². The van der Waals surface area contributed by atoms with Crippen LogP contribution >= 0.6 is 0 Å². The molecular formula is C18H27N. The van der Waals surface area contributed by atoms with Crippen LogP contribution in [0.4, 0.5) is 0 Å². The van der Waals surface area contributed by atoms with Crippen LogP contribution in [0, 0.1) is 25.2 Å². The summed E-state index contributed by atoms with van der Waals surface area (Å²) >= 11 is 0. The molecular weight excluding hydrogens is 230 g/mol. The Kier molecular flexibility index (Phi) is 3.85. The van der Waals surface area contributed by atoms with E-state index in [1.807, 2.05) is 6.20 Å². The highest BCUT2D eigenvalue weighted by atomic mass is 14.7. The van der Waals surface area contributed by atoms with Crippen LogP contribution < -0.4 is 0 Å². The lowest BCUT2D eigenvalue weighted by atomic mass is 9.69. The second-order valence-electron chi connectivity index (χ2n) is 7.15. The highest BCUT2D eigenvalue weighted by Crippen LogP contribution is 2.44. The zero-order chi connectivity index (χ0) is 14.2. The molecule has 0 radical (unpaired) electrons. The van der Waals surface area contributed by atoms with Crippen LogP contribution in [0.1, 0.15) is 63.8 Å². The van der Waals surface area contributed by atoms with Crippen LogP contribution in [-0.4, -0.2) is 4.98 Å². The third kappa shape index (κ3) is 2.91. The molecule has 1 aromatic heterocycles. The van der Waals surface area contributed by atoms with E-state index in [0.29, 0.717) is 5.41 Å². The summed E-state index contributed by atoms with van der Waals surface area (Å²) in [6.07, 6.45) is 5.71. The molecule has 1 atom stereocenters. The number of nitrogens with zero attached hydrogens (tertiary/aromatic N) is 1. The Hall–Kier alpha value is -1.11. The first kappa shape index (κ1) is 14.3. The molecule has 0 saturated carbocycles. The molecule has 0 bridgehead atoms. The summed E-state index contributed by atoms with van der Waals surface area (Å²) in [7, 11) is 0. The average Bonchev–Trinajstić information content (AvgIpc) is 2.29. The number of aromatic nitrogens is 1. The standard InChI is InChI=1S/C18H27N/c1-12-7-8-15(18(4,5)6)11-16(12)17-13(2)9-10-19-14(17)3/h9-10,15H,7-8,11H2,1-6H3. The van der Waals surface area contributed by atoms with Gasteiger partial charge in [-0.15, -0.1) is 0 Å². The fraction of sp³-hybridized carbons (Fsp3) is 0.611. The number of allylic oxidation sites excluding steroid dienone is 2. The first-order valence-corrected chi connectivity index (χ1v) is 7.42. The van der Waals surface area contributed by atoms with Gasteiger partial charge in [-0.3, -0.25) is 4.98 Å². The van der Waals surface area contributed by atoms with Gasteiger partial charge < -0.3 is 0 Å². The molecule has 1 unspecified atom stereocenters. The van der Waals surface area contributed by atoms with Crippen LogP contribution in [0.2, 0.25) is 0 Å². The quantitative estimate of drug-likeness (QED) is 0.663. The summed E-state index contributed by atoms with van der Waals surface area (Å²) < 4.78 is 0. The van der Waals surface area contributed by atoms with E-state index in [1.54, 1.807) is 11.1 Å². The minimum atomic E-state index is 0.399. The molecule has 1 aliphatic carbocycles. The number of hydrogen-bond donors (Lipinski definition) is 0. The highest BCUT2D eigenvalue weighted by Gasteiger charge is 2.30. The molecule has 2 rings (SSSR count). The molecule has 0 amide bonds. The molecule has 1 aromatic rings. The van der Waals surface area contributed by atoms with E-state index >= 15 is 0 Å². The van der Waals surface area contributed by atoms with Gasteiger partial charge in [0.15, 0.2) is 0 Å². The van der Waals surface area contributed by atoms with Gasteiger partial charge in [-0.25, -0.2) is 0 Å². The highest BCUT2D eigenvalue weighted by molar-refractivity contribution is 5.73. The van der Waals surface area contributed by atoms with Crippen molar-refractivity contribution < 1.29 is 0 Å². The van der Waals surface area contributed by atoms with Gasteiger partial charge in [0.05, 0.1) is 0 Å². The lowest BCUT2D eigenvalue weighted by Gasteiger charge is -2.36. The molecule has 1 heteroatoms. The van der Waals surface area contributed by atoms with E-state index in [2.05, 4.69) is 52.6 Å². The smallest absolute Gasteiger partial charge is 0.0450 e. The Morgan fingerprint density at radius 3 is 2.42 bits per heavy atom. The van der Waals surface area contributed by atoms with E-state index < -0.39 is 0 Å². The minimum absolute atomic E-state index is 0.399. The Morgan fingerprint density at radius 2 is 1.84 bits per heavy atom. The Labute approximate surface area is 118 Å². The van der Waals surface area contributed by atoms with Gasteiger partial charge in [-0.05, 0) is 68.6 Å². The van der Waals surface area contributed by atoms with Crippen molar-refractivity contribution in [3.8, 4) is 0 Å². The normalized spacial score (nSPS) is 20.8. The van der Waals surface area contributed by atoms with E-state index in [4.69, 9.17) is 0 Å². The molecule has 0 aliphatic heterocycles. The first-order valence-electron chi connectivity index (χ1n) is 7.42. The van der Waals surface area contributed by atoms with Crippen LogP contribution in [0.5, 0.6) is 0 Å². The summed E-state index contributed by atoms with van der Waals surface area (Å²) in [6, 6.07) is 2.14. The maximum Gasteiger partial charge on any atom is 0.0450 e. The molecule has 0 aromatic carbocycles. The number of pyridine rings is 1. The predicted molar refractivity (Wildman–Crippen MR) is 83.1 cm³/mol. The van der Waals surface area contributed by atoms with Crippen molar-refractivity contribution in [3.05, 3.63) is 34.7 Å². The van der Waals surface area contributed by atoms with Crippen LogP contribution in [0.15, 0.2) is 17.8 Å². The Morgan fingerprint density at radius 1 is 1.16 bits per heavy atom. The maximum atomic E-state index is 4.50. The number of aryl methyl sites for hydroxylation is 2. The van der Waals surface area contributed by atoms with Crippen molar-refractivity contribution in [2.45, 2.75) is 60.8 Å². The Balaban J connectivity index is 2.43. The zero-order valence-corrected chi connectivity index (χ0v) is 13.3. The molecule has 0 fully saturated rings. The molecule has 0 saturated heterocycles. The topological polar surface area (TPSA) is 12.9 Å². The molecule has 19 heavy (non-hydrogen) atoms. The van der Waals surface area contributed by atoms with Gasteiger partial charge in [0.2, 0.25) is 0 Å². The molecule has 1 aliphatic rings. The van der Waals surface area contributed by atoms with Crippen molar-refractivity contribution in [2.24, 2.45) is 11.3 Å². The fourth-order valence-electron chi connectivity index (χ4n) is 3.27. The van der Waals surface area contributed by atoms with Crippen molar-refractivity contribution in [1.82, 2.24) is 4.98 Å². The van der Waals surface area contributed by atoms with E-state index in [9.17, 15) is 0 Å². The third-order valence-corrected chi connectivity index (χ3v) is 4.71. The fourth-order valence-corrected chi connectivity index (χ4v) is 3.27. The van der Waals surface area contributed by atoms with Crippen LogP contribution in [0.25, 0.3) is 5.57 Å². The minimum Gasteiger partial charge on any atom is -0.261 e. The first-order chi connectivity index (χ1) is 8.80. The lowest BCUT2D eigenvalue weighted by Crippen LogP contribution is -2.24. The lowest BCUT2D eigenvalue weighted by molar-refractivity contribution is 0.224. The summed E-state index contributed by atoms with van der Waals surface area (Å²) in [5, 5.41) is 0. The van der Waals surface area contributed by atoms with Gasteiger partial charge in [0.25, 0.3) is 0 Å². The molecule has 1 heterocycles. The van der Waals surface area contributed by atoms with Gasteiger partial charge in [0.1, 0.15) is 0 Å². The second kappa shape index (κ2) is 5.11. The van der Waals surface area contributed by atoms with Gasteiger partial charge >= 0.3 is 0 Å².